The van der Waals surface area contributed by atoms with E-state index >= 15 is 0 Å². The van der Waals surface area contributed by atoms with Crippen molar-refractivity contribution in [3.63, 3.8) is 0 Å². The van der Waals surface area contributed by atoms with Gasteiger partial charge in [-0.25, -0.2) is 13.4 Å². The lowest BCUT2D eigenvalue weighted by Gasteiger charge is -2.01. The van der Waals surface area contributed by atoms with Gasteiger partial charge in [-0.1, -0.05) is 0 Å². The van der Waals surface area contributed by atoms with E-state index in [9.17, 15) is 13.2 Å². The van der Waals surface area contributed by atoms with Crippen LogP contribution in [0.3, 0.4) is 0 Å². The van der Waals surface area contributed by atoms with Crippen LogP contribution in [0, 0.1) is 0 Å². The van der Waals surface area contributed by atoms with E-state index in [1.807, 2.05) is 0 Å². The van der Waals surface area contributed by atoms with E-state index < -0.39 is 9.84 Å². The van der Waals surface area contributed by atoms with E-state index in [4.69, 9.17) is 0 Å². The van der Waals surface area contributed by atoms with Crippen LogP contribution in [0.2, 0.25) is 0 Å². The molecule has 0 aliphatic rings. The number of sulfone groups is 1. The highest BCUT2D eigenvalue weighted by atomic mass is 32.2. The molecular formula is C10H12N4O3S. The van der Waals surface area contributed by atoms with Crippen LogP contribution in [-0.4, -0.2) is 34.4 Å². The van der Waals surface area contributed by atoms with Crippen LogP contribution in [0.4, 0.5) is 0 Å². The molecule has 2 aromatic heterocycles. The number of aryl methyl sites for hydroxylation is 1. The number of nitrogens with zero attached hydrogens (tertiary/aromatic N) is 3. The van der Waals surface area contributed by atoms with E-state index in [0.29, 0.717) is 11.3 Å². The standard InChI is InChI=1S/C10H12N4O3S/c1-14-5-7(4-11-14)8-3-10(15)13-9(12-8)6-18(2,16)17/h3-5H,6H2,1-2H3,(H,12,13,15). The van der Waals surface area contributed by atoms with Crippen LogP contribution in [0.5, 0.6) is 0 Å². The number of H-pyrrole nitrogens is 1. The molecule has 1 N–H and O–H groups in total. The van der Waals surface area contributed by atoms with Gasteiger partial charge in [0.25, 0.3) is 5.56 Å². The molecule has 0 amide bonds. The Morgan fingerprint density at radius 2 is 2.17 bits per heavy atom. The number of hydrogen-bond donors (Lipinski definition) is 1. The number of rotatable bonds is 3. The fraction of sp³-hybridized carbons (Fsp3) is 0.300. The Morgan fingerprint density at radius 1 is 1.44 bits per heavy atom. The first-order chi connectivity index (χ1) is 8.33. The summed E-state index contributed by atoms with van der Waals surface area (Å²) >= 11 is 0. The van der Waals surface area contributed by atoms with E-state index in [1.165, 1.54) is 6.07 Å². The predicted octanol–water partition coefficient (Wildman–Crippen LogP) is -0.285. The molecule has 0 fully saturated rings. The summed E-state index contributed by atoms with van der Waals surface area (Å²) in [4.78, 5) is 18.0. The van der Waals surface area contributed by atoms with Crippen molar-refractivity contribution < 1.29 is 8.42 Å². The van der Waals surface area contributed by atoms with Crippen LogP contribution in [0.1, 0.15) is 5.82 Å². The summed E-state index contributed by atoms with van der Waals surface area (Å²) in [5.74, 6) is -0.167. The molecule has 0 aliphatic heterocycles. The lowest BCUT2D eigenvalue weighted by molar-refractivity contribution is 0.599. The topological polar surface area (TPSA) is 97.7 Å². The number of aromatic amines is 1. The highest BCUT2D eigenvalue weighted by molar-refractivity contribution is 7.89. The monoisotopic (exact) mass is 268 g/mol. The van der Waals surface area contributed by atoms with Gasteiger partial charge in [0.15, 0.2) is 9.84 Å². The molecule has 0 saturated carbocycles. The lowest BCUT2D eigenvalue weighted by Crippen LogP contribution is -2.14. The third kappa shape index (κ3) is 3.04. The van der Waals surface area contributed by atoms with Crippen LogP contribution in [0.25, 0.3) is 11.3 Å². The number of aromatic nitrogens is 4. The molecule has 0 spiro atoms. The quantitative estimate of drug-likeness (QED) is 0.825. The van der Waals surface area contributed by atoms with Gasteiger partial charge in [0, 0.05) is 31.1 Å². The van der Waals surface area contributed by atoms with Gasteiger partial charge in [-0.3, -0.25) is 9.48 Å². The molecule has 96 valence electrons. The largest absolute Gasteiger partial charge is 0.310 e. The molecule has 2 aromatic rings. The van der Waals surface area contributed by atoms with Gasteiger partial charge in [-0.2, -0.15) is 5.10 Å². The molecule has 2 rings (SSSR count). The van der Waals surface area contributed by atoms with Crippen molar-refractivity contribution in [3.05, 3.63) is 34.6 Å². The van der Waals surface area contributed by atoms with Crippen molar-refractivity contribution in [2.24, 2.45) is 7.05 Å². The molecule has 2 heterocycles. The number of nitrogens with one attached hydrogen (secondary N) is 1. The Morgan fingerprint density at radius 3 is 2.72 bits per heavy atom. The van der Waals surface area contributed by atoms with E-state index in [1.54, 1.807) is 24.1 Å². The average Bonchev–Trinajstić information content (AvgIpc) is 2.61. The van der Waals surface area contributed by atoms with Crippen molar-refractivity contribution >= 4 is 9.84 Å². The average molecular weight is 268 g/mol. The van der Waals surface area contributed by atoms with E-state index in [-0.39, 0.29) is 17.1 Å². The smallest absolute Gasteiger partial charge is 0.251 e. The van der Waals surface area contributed by atoms with Crippen molar-refractivity contribution in [1.29, 1.82) is 0 Å². The Bertz CT molecular complexity index is 730. The summed E-state index contributed by atoms with van der Waals surface area (Å²) in [7, 11) is -1.50. The minimum atomic E-state index is -3.24. The molecule has 0 aliphatic carbocycles. The summed E-state index contributed by atoms with van der Waals surface area (Å²) in [5, 5.41) is 3.97. The van der Waals surface area contributed by atoms with Gasteiger partial charge >= 0.3 is 0 Å². The summed E-state index contributed by atoms with van der Waals surface area (Å²) in [5.41, 5.74) is 0.686. The Hall–Kier alpha value is -1.96. The Labute approximate surface area is 103 Å². The van der Waals surface area contributed by atoms with Gasteiger partial charge in [-0.15, -0.1) is 0 Å². The molecule has 0 unspecified atom stereocenters. The molecule has 0 atom stereocenters. The molecule has 0 aromatic carbocycles. The first-order valence-corrected chi connectivity index (χ1v) is 7.16. The van der Waals surface area contributed by atoms with Crippen LogP contribution in [-0.2, 0) is 22.6 Å². The van der Waals surface area contributed by atoms with Gasteiger partial charge in [0.05, 0.1) is 11.9 Å². The third-order valence-corrected chi connectivity index (χ3v) is 2.99. The van der Waals surface area contributed by atoms with Crippen LogP contribution < -0.4 is 5.56 Å². The van der Waals surface area contributed by atoms with Crippen LogP contribution >= 0.6 is 0 Å². The fourth-order valence-electron chi connectivity index (χ4n) is 1.53. The molecule has 7 nitrogen and oxygen atoms in total. The fourth-order valence-corrected chi connectivity index (χ4v) is 2.16. The van der Waals surface area contributed by atoms with Crippen molar-refractivity contribution in [1.82, 2.24) is 19.7 Å². The summed E-state index contributed by atoms with van der Waals surface area (Å²) < 4.78 is 23.9. The van der Waals surface area contributed by atoms with Gasteiger partial charge in [0.2, 0.25) is 0 Å². The van der Waals surface area contributed by atoms with Gasteiger partial charge in [-0.05, 0) is 0 Å². The van der Waals surface area contributed by atoms with E-state index in [0.717, 1.165) is 6.26 Å². The molecule has 18 heavy (non-hydrogen) atoms. The molecule has 0 saturated heterocycles. The molecule has 0 radical (unpaired) electrons. The zero-order chi connectivity index (χ0) is 13.3. The zero-order valence-corrected chi connectivity index (χ0v) is 10.7. The minimum absolute atomic E-state index is 0.129. The minimum Gasteiger partial charge on any atom is -0.310 e. The third-order valence-electron chi connectivity index (χ3n) is 2.19. The van der Waals surface area contributed by atoms with E-state index in [2.05, 4.69) is 15.1 Å². The Kier molecular flexibility index (Phi) is 3.04. The lowest BCUT2D eigenvalue weighted by atomic mass is 10.2. The first kappa shape index (κ1) is 12.5. The SMILES string of the molecule is Cn1cc(-c2cc(=O)[nH]c(CS(C)(=O)=O)n2)cn1. The summed E-state index contributed by atoms with van der Waals surface area (Å²) in [6.07, 6.45) is 4.35. The first-order valence-electron chi connectivity index (χ1n) is 5.10. The van der Waals surface area contributed by atoms with Crippen molar-refractivity contribution in [3.8, 4) is 11.3 Å². The highest BCUT2D eigenvalue weighted by Crippen LogP contribution is 2.13. The van der Waals surface area contributed by atoms with Gasteiger partial charge < -0.3 is 4.98 Å². The predicted molar refractivity (Wildman–Crippen MR) is 65.6 cm³/mol. The second kappa shape index (κ2) is 4.37. The molecule has 8 heteroatoms. The Balaban J connectivity index is 2.47. The van der Waals surface area contributed by atoms with Crippen LogP contribution in [0.15, 0.2) is 23.3 Å². The maximum absolute atomic E-state index is 11.5. The summed E-state index contributed by atoms with van der Waals surface area (Å²) in [6.45, 7) is 0. The maximum Gasteiger partial charge on any atom is 0.251 e. The van der Waals surface area contributed by atoms with Crippen molar-refractivity contribution in [2.75, 3.05) is 6.26 Å². The molecule has 0 bridgehead atoms. The number of hydrogen-bond acceptors (Lipinski definition) is 5. The second-order valence-electron chi connectivity index (χ2n) is 4.05. The summed E-state index contributed by atoms with van der Waals surface area (Å²) in [6, 6.07) is 1.31. The second-order valence-corrected chi connectivity index (χ2v) is 6.19. The van der Waals surface area contributed by atoms with Crippen molar-refractivity contribution in [2.45, 2.75) is 5.75 Å². The maximum atomic E-state index is 11.5. The van der Waals surface area contributed by atoms with Gasteiger partial charge in [0.1, 0.15) is 11.6 Å². The highest BCUT2D eigenvalue weighted by Gasteiger charge is 2.10. The molecular weight excluding hydrogens is 256 g/mol. The zero-order valence-electron chi connectivity index (χ0n) is 9.91. The normalized spacial score (nSPS) is 11.7.